The molecule has 0 aliphatic carbocycles. The van der Waals surface area contributed by atoms with Gasteiger partial charge in [0, 0.05) is 6.54 Å². The third kappa shape index (κ3) is 5.17. The minimum Gasteiger partial charge on any atom is -0.493 e. The zero-order chi connectivity index (χ0) is 23.2. The number of hydrogen-bond acceptors (Lipinski definition) is 6. The van der Waals surface area contributed by atoms with Crippen LogP contribution < -0.4 is 20.3 Å². The molecule has 1 N–H and O–H groups in total. The monoisotopic (exact) mass is 451 g/mol. The molecule has 0 aliphatic heterocycles. The van der Waals surface area contributed by atoms with Gasteiger partial charge in [0.2, 0.25) is 0 Å². The van der Waals surface area contributed by atoms with Crippen LogP contribution in [0.1, 0.15) is 5.56 Å². The lowest BCUT2D eigenvalue weighted by molar-refractivity contribution is -0.123. The van der Waals surface area contributed by atoms with Crippen LogP contribution in [-0.4, -0.2) is 45.5 Å². The van der Waals surface area contributed by atoms with E-state index in [0.29, 0.717) is 34.6 Å². The van der Waals surface area contributed by atoms with Crippen LogP contribution in [0.5, 0.6) is 11.5 Å². The Balaban J connectivity index is 1.35. The first-order valence-corrected chi connectivity index (χ1v) is 10.2. The Kier molecular flexibility index (Phi) is 6.63. The number of aromatic nitrogens is 4. The van der Waals surface area contributed by atoms with Crippen LogP contribution in [-0.2, 0) is 17.9 Å². The zero-order valence-electron chi connectivity index (χ0n) is 17.9. The van der Waals surface area contributed by atoms with Crippen molar-refractivity contribution in [3.8, 4) is 11.5 Å². The summed E-state index contributed by atoms with van der Waals surface area (Å²) in [6.45, 7) is 0.638. The van der Waals surface area contributed by atoms with E-state index >= 15 is 0 Å². The van der Waals surface area contributed by atoms with E-state index < -0.39 is 0 Å². The summed E-state index contributed by atoms with van der Waals surface area (Å²) in [5.74, 6) is 0.356. The molecule has 2 heterocycles. The Hall–Kier alpha value is -4.21. The van der Waals surface area contributed by atoms with Crippen molar-refractivity contribution >= 4 is 16.9 Å². The summed E-state index contributed by atoms with van der Waals surface area (Å²) in [4.78, 5) is 29.2. The van der Waals surface area contributed by atoms with E-state index in [-0.39, 0.29) is 37.0 Å². The molecule has 0 fully saturated rings. The van der Waals surface area contributed by atoms with Crippen LogP contribution in [0.4, 0.5) is 4.39 Å². The number of hydrogen-bond donors (Lipinski definition) is 1. The van der Waals surface area contributed by atoms with Crippen molar-refractivity contribution in [2.75, 3.05) is 20.3 Å². The smallest absolute Gasteiger partial charge is 0.264 e. The number of nitrogens with one attached hydrogen (secondary N) is 1. The zero-order valence-corrected chi connectivity index (χ0v) is 17.9. The number of carbonyl (C=O) groups excluding carboxylic acids is 1. The lowest BCUT2D eigenvalue weighted by atomic mass is 10.2. The fraction of sp³-hybridized carbons (Fsp3) is 0.217. The number of benzene rings is 2. The molecule has 10 heteroatoms. The minimum absolute atomic E-state index is 0.163. The van der Waals surface area contributed by atoms with Crippen LogP contribution in [0.2, 0.25) is 0 Å². The summed E-state index contributed by atoms with van der Waals surface area (Å²) in [5.41, 5.74) is 0.795. The normalized spacial score (nSPS) is 10.8. The van der Waals surface area contributed by atoms with E-state index in [1.807, 2.05) is 6.07 Å². The molecule has 2 aromatic heterocycles. The first kappa shape index (κ1) is 22.0. The van der Waals surface area contributed by atoms with Crippen LogP contribution in [0.15, 0.2) is 65.8 Å². The van der Waals surface area contributed by atoms with Gasteiger partial charge < -0.3 is 14.8 Å². The van der Waals surface area contributed by atoms with Gasteiger partial charge >= 0.3 is 0 Å². The molecule has 0 spiro atoms. The molecule has 4 rings (SSSR count). The number of amides is 1. The van der Waals surface area contributed by atoms with Crippen molar-refractivity contribution in [2.45, 2.75) is 13.1 Å². The van der Waals surface area contributed by atoms with E-state index in [4.69, 9.17) is 9.47 Å². The van der Waals surface area contributed by atoms with Crippen molar-refractivity contribution in [1.82, 2.24) is 24.6 Å². The third-order valence-corrected chi connectivity index (χ3v) is 4.94. The predicted molar refractivity (Wildman–Crippen MR) is 119 cm³/mol. The highest BCUT2D eigenvalue weighted by atomic mass is 19.1. The Labute approximate surface area is 188 Å². The standard InChI is InChI=1S/C23H22FN5O4/c1-32-19-7-2-3-8-20(19)33-14-21(30)25-9-10-29-22-18(12-27-29)23(31)28(15-26-22)13-16-5-4-6-17(24)11-16/h2-8,11-12,15H,9-10,13-14H2,1H3,(H,25,30). The fourth-order valence-corrected chi connectivity index (χ4v) is 3.34. The second kappa shape index (κ2) is 9.94. The molecule has 2 aromatic carbocycles. The Bertz CT molecular complexity index is 1330. The maximum absolute atomic E-state index is 13.4. The number of para-hydroxylation sites is 2. The molecule has 4 aromatic rings. The lowest BCUT2D eigenvalue weighted by Crippen LogP contribution is -2.32. The van der Waals surface area contributed by atoms with E-state index in [9.17, 15) is 14.0 Å². The van der Waals surface area contributed by atoms with E-state index in [2.05, 4.69) is 15.4 Å². The molecule has 0 saturated heterocycles. The number of methoxy groups -OCH3 is 1. The molecular formula is C23H22FN5O4. The van der Waals surface area contributed by atoms with Gasteiger partial charge in [0.05, 0.1) is 26.4 Å². The SMILES string of the molecule is COc1ccccc1OCC(=O)NCCn1ncc2c(=O)n(Cc3cccc(F)c3)cnc21. The highest BCUT2D eigenvalue weighted by Gasteiger charge is 2.12. The molecule has 33 heavy (non-hydrogen) atoms. The Morgan fingerprint density at radius 1 is 1.15 bits per heavy atom. The number of carbonyl (C=O) groups is 1. The van der Waals surface area contributed by atoms with Gasteiger partial charge in [-0.3, -0.25) is 14.2 Å². The van der Waals surface area contributed by atoms with Gasteiger partial charge in [-0.15, -0.1) is 0 Å². The third-order valence-electron chi connectivity index (χ3n) is 4.94. The molecular weight excluding hydrogens is 429 g/mol. The second-order valence-corrected chi connectivity index (χ2v) is 7.20. The summed E-state index contributed by atoms with van der Waals surface area (Å²) < 4.78 is 27.0. The molecule has 0 bridgehead atoms. The maximum atomic E-state index is 13.4. The van der Waals surface area contributed by atoms with E-state index in [1.165, 1.54) is 36.3 Å². The van der Waals surface area contributed by atoms with Gasteiger partial charge in [-0.1, -0.05) is 24.3 Å². The molecule has 0 saturated carbocycles. The van der Waals surface area contributed by atoms with Crippen LogP contribution in [0.3, 0.4) is 0 Å². The molecule has 0 aliphatic rings. The topological polar surface area (TPSA) is 100 Å². The fourth-order valence-electron chi connectivity index (χ4n) is 3.34. The van der Waals surface area contributed by atoms with Crippen LogP contribution in [0, 0.1) is 5.82 Å². The van der Waals surface area contributed by atoms with Gasteiger partial charge in [0.15, 0.2) is 23.8 Å². The quantitative estimate of drug-likeness (QED) is 0.418. The number of halogens is 1. The van der Waals surface area contributed by atoms with Crippen molar-refractivity contribution in [1.29, 1.82) is 0 Å². The van der Waals surface area contributed by atoms with Crippen molar-refractivity contribution in [2.24, 2.45) is 0 Å². The molecule has 170 valence electrons. The highest BCUT2D eigenvalue weighted by molar-refractivity contribution is 5.77. The average molecular weight is 451 g/mol. The molecule has 0 radical (unpaired) electrons. The number of fused-ring (bicyclic) bond motifs is 1. The minimum atomic E-state index is -0.363. The van der Waals surface area contributed by atoms with Gasteiger partial charge in [-0.05, 0) is 29.8 Å². The summed E-state index contributed by atoms with van der Waals surface area (Å²) in [6, 6.07) is 13.1. The first-order chi connectivity index (χ1) is 16.0. The molecule has 1 amide bonds. The molecule has 9 nitrogen and oxygen atoms in total. The van der Waals surface area contributed by atoms with Crippen LogP contribution in [0.25, 0.3) is 11.0 Å². The molecule has 0 unspecified atom stereocenters. The summed E-state index contributed by atoms with van der Waals surface area (Å²) >= 11 is 0. The van der Waals surface area contributed by atoms with Gasteiger partial charge in [0.25, 0.3) is 11.5 Å². The van der Waals surface area contributed by atoms with Gasteiger partial charge in [-0.2, -0.15) is 5.10 Å². The Morgan fingerprint density at radius 2 is 1.97 bits per heavy atom. The molecule has 0 atom stereocenters. The summed E-state index contributed by atoms with van der Waals surface area (Å²) in [7, 11) is 1.53. The second-order valence-electron chi connectivity index (χ2n) is 7.20. The lowest BCUT2D eigenvalue weighted by Gasteiger charge is -2.10. The van der Waals surface area contributed by atoms with Gasteiger partial charge in [-0.25, -0.2) is 14.1 Å². The maximum Gasteiger partial charge on any atom is 0.264 e. The number of rotatable bonds is 9. The van der Waals surface area contributed by atoms with E-state index in [0.717, 1.165) is 0 Å². The first-order valence-electron chi connectivity index (χ1n) is 10.2. The van der Waals surface area contributed by atoms with Crippen molar-refractivity contribution in [3.05, 3.63) is 82.8 Å². The van der Waals surface area contributed by atoms with Crippen LogP contribution >= 0.6 is 0 Å². The van der Waals surface area contributed by atoms with Gasteiger partial charge in [0.1, 0.15) is 17.5 Å². The summed E-state index contributed by atoms with van der Waals surface area (Å²) in [6.07, 6.45) is 2.85. The average Bonchev–Trinajstić information content (AvgIpc) is 3.23. The largest absolute Gasteiger partial charge is 0.493 e. The number of nitrogens with zero attached hydrogens (tertiary/aromatic N) is 4. The number of ether oxygens (including phenoxy) is 2. The summed E-state index contributed by atoms with van der Waals surface area (Å²) in [5, 5.41) is 7.31. The van der Waals surface area contributed by atoms with E-state index in [1.54, 1.807) is 35.0 Å². The highest BCUT2D eigenvalue weighted by Crippen LogP contribution is 2.25. The van der Waals surface area contributed by atoms with Crippen molar-refractivity contribution < 1.29 is 18.7 Å². The van der Waals surface area contributed by atoms with Crippen molar-refractivity contribution in [3.63, 3.8) is 0 Å². The Morgan fingerprint density at radius 3 is 2.76 bits per heavy atom. The predicted octanol–water partition coefficient (Wildman–Crippen LogP) is 1.98.